The smallest absolute Gasteiger partial charge is 0.255 e. The molecule has 0 aliphatic carbocycles. The van der Waals surface area contributed by atoms with E-state index >= 15 is 0 Å². The van der Waals surface area contributed by atoms with E-state index in [4.69, 9.17) is 21.1 Å². The van der Waals surface area contributed by atoms with Crippen molar-refractivity contribution in [3.63, 3.8) is 0 Å². The number of hydrogen-bond acceptors (Lipinski definition) is 18. The van der Waals surface area contributed by atoms with Crippen molar-refractivity contribution in [3.05, 3.63) is 233 Å². The van der Waals surface area contributed by atoms with E-state index in [0.717, 1.165) is 70.1 Å². The van der Waals surface area contributed by atoms with Gasteiger partial charge < -0.3 is 25.4 Å². The number of nitrogens with one attached hydrogen (secondary N) is 6. The Balaban J connectivity index is 0.000000139. The van der Waals surface area contributed by atoms with Gasteiger partial charge >= 0.3 is 0 Å². The second-order valence-corrected chi connectivity index (χ2v) is 22.9. The van der Waals surface area contributed by atoms with Gasteiger partial charge in [-0.15, -0.1) is 35.3 Å². The molecule has 13 aromatic rings. The number of ether oxygens (including phenoxy) is 2. The molecule has 6 aromatic carbocycles. The van der Waals surface area contributed by atoms with Crippen molar-refractivity contribution >= 4 is 120 Å². The number of thioether (sulfide) groups is 3. The lowest BCUT2D eigenvalue weighted by atomic mass is 10.1. The summed E-state index contributed by atoms with van der Waals surface area (Å²) in [5.41, 5.74) is 10.3. The Morgan fingerprint density at radius 1 is 0.467 bits per heavy atom. The van der Waals surface area contributed by atoms with E-state index in [9.17, 15) is 14.4 Å². The summed E-state index contributed by atoms with van der Waals surface area (Å²) in [7, 11) is 0. The zero-order valence-electron chi connectivity index (χ0n) is 48.3. The second kappa shape index (κ2) is 30.1. The molecule has 0 unspecified atom stereocenters. The van der Waals surface area contributed by atoms with Gasteiger partial charge in [-0.1, -0.05) is 66.2 Å². The first kappa shape index (κ1) is 61.4. The van der Waals surface area contributed by atoms with Crippen LogP contribution in [-0.4, -0.2) is 96.4 Å². The number of fused-ring (bicyclic) bond motifs is 4. The van der Waals surface area contributed by atoms with Gasteiger partial charge in [0.05, 0.1) is 53.5 Å². The Kier molecular flexibility index (Phi) is 20.5. The normalized spacial score (nSPS) is 10.9. The molecule has 0 radical (unpaired) electrons. The van der Waals surface area contributed by atoms with E-state index in [0.29, 0.717) is 92.9 Å². The lowest BCUT2D eigenvalue weighted by Crippen LogP contribution is -2.22. The summed E-state index contributed by atoms with van der Waals surface area (Å²) < 4.78 is 11.2. The number of nitrogens with zero attached hydrogens (tertiary/aromatic N) is 10. The molecule has 0 fully saturated rings. The number of benzene rings is 6. The van der Waals surface area contributed by atoms with E-state index in [1.165, 1.54) is 19.0 Å². The Hall–Kier alpha value is -10.3. The predicted octanol–water partition coefficient (Wildman–Crippen LogP) is 13.4. The Morgan fingerprint density at radius 3 is 1.43 bits per heavy atom. The second-order valence-electron chi connectivity index (χ2n) is 19.6. The van der Waals surface area contributed by atoms with Crippen molar-refractivity contribution in [3.8, 4) is 11.5 Å². The van der Waals surface area contributed by atoms with Gasteiger partial charge in [-0.2, -0.15) is 15.3 Å². The molecule has 13 rings (SSSR count). The predicted molar refractivity (Wildman–Crippen MR) is 352 cm³/mol. The molecule has 0 spiro atoms. The minimum absolute atomic E-state index is 0.110. The molecule has 0 atom stereocenters. The number of carbonyl (C=O) groups excluding carboxylic acids is 3. The van der Waals surface area contributed by atoms with E-state index in [-0.39, 0.29) is 17.7 Å². The van der Waals surface area contributed by atoms with Gasteiger partial charge in [0.1, 0.15) is 34.1 Å². The van der Waals surface area contributed by atoms with Gasteiger partial charge in [-0.05, 0) is 121 Å². The third-order valence-corrected chi connectivity index (χ3v) is 16.8. The minimum atomic E-state index is -0.192. The van der Waals surface area contributed by atoms with Crippen molar-refractivity contribution in [2.75, 3.05) is 23.8 Å². The van der Waals surface area contributed by atoms with Crippen LogP contribution < -0.4 is 25.4 Å². The molecular formula is C65H55ClN16O5S3. The zero-order chi connectivity index (χ0) is 62.0. The van der Waals surface area contributed by atoms with Crippen LogP contribution in [0.25, 0.3) is 44.0 Å². The molecule has 7 heterocycles. The van der Waals surface area contributed by atoms with Crippen molar-refractivity contribution in [2.24, 2.45) is 0 Å². The fraction of sp³-hybridized carbons (Fsp3) is 0.123. The van der Waals surface area contributed by atoms with E-state index < -0.39 is 0 Å². The highest BCUT2D eigenvalue weighted by Gasteiger charge is 2.15. The molecule has 90 heavy (non-hydrogen) atoms. The van der Waals surface area contributed by atoms with Crippen molar-refractivity contribution < 1.29 is 23.9 Å². The highest BCUT2D eigenvalue weighted by atomic mass is 35.5. The average molecular weight is 1270 g/mol. The van der Waals surface area contributed by atoms with Gasteiger partial charge in [0.2, 0.25) is 0 Å². The van der Waals surface area contributed by atoms with Crippen LogP contribution in [0.5, 0.6) is 11.5 Å². The molecule has 0 bridgehead atoms. The number of aromatic nitrogens is 13. The van der Waals surface area contributed by atoms with Gasteiger partial charge in [0, 0.05) is 74.5 Å². The van der Waals surface area contributed by atoms with Crippen LogP contribution in [0.2, 0.25) is 5.02 Å². The maximum Gasteiger partial charge on any atom is 0.255 e. The van der Waals surface area contributed by atoms with Gasteiger partial charge in [-0.25, -0.2) is 29.9 Å². The van der Waals surface area contributed by atoms with Crippen LogP contribution in [0.4, 0.5) is 11.4 Å². The lowest BCUT2D eigenvalue weighted by molar-refractivity contribution is 0.0949. The van der Waals surface area contributed by atoms with Crippen LogP contribution in [0.15, 0.2) is 204 Å². The Morgan fingerprint density at radius 2 is 0.933 bits per heavy atom. The molecule has 7 aromatic heterocycles. The van der Waals surface area contributed by atoms with E-state index in [1.807, 2.05) is 135 Å². The quantitative estimate of drug-likeness (QED) is 0.0305. The SMILES string of the molecule is CCOc1ccc(NC(=O)c2cccc(CSc3ncnc4[nH]ncc34)c2)cc1OCC.O=C(NCc1ccc(Cl)cc1)c1cccc(CSc2ncnc3[nH]ncc23)c1.O=C(Nc1ccc2ncccc2c1)c1cccc(CSc2ncnc3[nH]ncc23)c1. The lowest BCUT2D eigenvalue weighted by Gasteiger charge is -2.13. The third kappa shape index (κ3) is 16.1. The number of amides is 3. The van der Waals surface area contributed by atoms with Crippen LogP contribution in [0.3, 0.4) is 0 Å². The maximum atomic E-state index is 12.8. The highest BCUT2D eigenvalue weighted by Crippen LogP contribution is 2.33. The Labute approximate surface area is 532 Å². The number of carbonyl (C=O) groups is 3. The summed E-state index contributed by atoms with van der Waals surface area (Å²) in [6.07, 6.45) is 11.5. The molecule has 0 saturated heterocycles. The van der Waals surface area contributed by atoms with Crippen molar-refractivity contribution in [1.82, 2.24) is 70.8 Å². The monoisotopic (exact) mass is 1270 g/mol. The number of pyridine rings is 1. The van der Waals surface area contributed by atoms with E-state index in [1.54, 1.807) is 84.3 Å². The van der Waals surface area contributed by atoms with Crippen LogP contribution in [0.1, 0.15) is 67.2 Å². The average Bonchev–Trinajstić information content (AvgIpc) is 3.95. The standard InChI is InChI=1S/C23H23N5O3S.C22H16N6OS.C20H16ClN5OS/c1-3-30-19-9-8-17(11-20(19)31-4-2)27-22(29)16-7-5-6-15(10-16)13-32-23-18-12-26-28-21(18)24-14-25-23;29-21(27-17-6-7-19-15(10-17)5-2-8-23-19)16-4-1-3-14(9-16)12-30-22-18-11-26-28-20(18)24-13-25-22;21-16-6-4-13(5-7-16)9-22-19(27)15-3-1-2-14(8-15)11-28-20-17-10-25-26-18(17)23-12-24-20/h5-12,14H,3-4,13H2,1-2H3,(H,27,29)(H,24,25,26,28);1-11,13H,12H2,(H,27,29)(H,24,25,26,28);1-8,10,12H,9,11H2,(H,22,27)(H,23,24,25,26). The number of halogens is 1. The molecule has 21 nitrogen and oxygen atoms in total. The largest absolute Gasteiger partial charge is 0.490 e. The molecule has 6 N–H and O–H groups in total. The van der Waals surface area contributed by atoms with E-state index in [2.05, 4.69) is 81.4 Å². The molecule has 25 heteroatoms. The summed E-state index contributed by atoms with van der Waals surface area (Å²) in [5, 5.41) is 36.3. The summed E-state index contributed by atoms with van der Waals surface area (Å²) in [5.74, 6) is 2.84. The fourth-order valence-corrected chi connectivity index (χ4v) is 11.9. The summed E-state index contributed by atoms with van der Waals surface area (Å²) in [4.78, 5) is 67.8. The van der Waals surface area contributed by atoms with Crippen LogP contribution in [-0.2, 0) is 23.8 Å². The third-order valence-electron chi connectivity index (χ3n) is 13.4. The first-order chi connectivity index (χ1) is 44.1. The summed E-state index contributed by atoms with van der Waals surface area (Å²) in [6, 6.07) is 45.1. The number of anilines is 2. The first-order valence-electron chi connectivity index (χ1n) is 28.1. The van der Waals surface area contributed by atoms with Crippen LogP contribution >= 0.6 is 46.9 Å². The zero-order valence-corrected chi connectivity index (χ0v) is 51.5. The topological polar surface area (TPSA) is 282 Å². The number of rotatable bonds is 20. The summed E-state index contributed by atoms with van der Waals surface area (Å²) >= 11 is 10.6. The maximum absolute atomic E-state index is 12.8. The van der Waals surface area contributed by atoms with Gasteiger partial charge in [0.15, 0.2) is 28.4 Å². The number of H-pyrrole nitrogens is 3. The minimum Gasteiger partial charge on any atom is -0.490 e. The van der Waals surface area contributed by atoms with Crippen LogP contribution in [0, 0.1) is 0 Å². The first-order valence-corrected chi connectivity index (χ1v) is 31.4. The van der Waals surface area contributed by atoms with Crippen molar-refractivity contribution in [1.29, 1.82) is 0 Å². The molecular weight excluding hydrogens is 1220 g/mol. The number of aromatic amines is 3. The molecule has 0 saturated carbocycles. The van der Waals surface area contributed by atoms with Crippen molar-refractivity contribution in [2.45, 2.75) is 52.7 Å². The van der Waals surface area contributed by atoms with Gasteiger partial charge in [-0.3, -0.25) is 34.7 Å². The fourth-order valence-electron chi connectivity index (χ4n) is 9.01. The molecule has 3 amide bonds. The Bertz CT molecular complexity index is 4630. The van der Waals surface area contributed by atoms with Gasteiger partial charge in [0.25, 0.3) is 17.7 Å². The molecule has 450 valence electrons. The summed E-state index contributed by atoms with van der Waals surface area (Å²) in [6.45, 7) is 5.32. The highest BCUT2D eigenvalue weighted by molar-refractivity contribution is 7.99. The molecule has 0 aliphatic rings. The number of hydrogen-bond donors (Lipinski definition) is 6. The molecule has 0 aliphatic heterocycles.